The highest BCUT2D eigenvalue weighted by molar-refractivity contribution is 5.67. The molecule has 1 heterocycles. The molecule has 1 aliphatic rings. The van der Waals surface area contributed by atoms with Crippen LogP contribution in [-0.2, 0) is 0 Å². The highest BCUT2D eigenvalue weighted by Crippen LogP contribution is 2.28. The largest absolute Gasteiger partial charge is 0.435 e. The van der Waals surface area contributed by atoms with Crippen molar-refractivity contribution in [2.75, 3.05) is 10.6 Å². The van der Waals surface area contributed by atoms with Crippen molar-refractivity contribution in [2.45, 2.75) is 25.5 Å². The Bertz CT molecular complexity index is 900. The van der Waals surface area contributed by atoms with E-state index in [4.69, 9.17) is 0 Å². The standard InChI is InChI=1S/C20H18F2N4O/c21-19(22)27-16-10-8-14(9-11-16)23-18-12-17(13-4-2-1-3-5-13)25-20(26-18)24-15-6-7-15/h1-5,8-12,15,19H,6-7H2,(H2,23,24,25,26). The first-order valence-electron chi connectivity index (χ1n) is 8.69. The number of nitrogens with zero attached hydrogens (tertiary/aromatic N) is 2. The van der Waals surface area contributed by atoms with E-state index in [1.54, 1.807) is 12.1 Å². The zero-order valence-corrected chi connectivity index (χ0v) is 14.4. The van der Waals surface area contributed by atoms with Gasteiger partial charge in [0.25, 0.3) is 0 Å². The van der Waals surface area contributed by atoms with Crippen LogP contribution in [0.2, 0.25) is 0 Å². The fourth-order valence-electron chi connectivity index (χ4n) is 2.61. The number of ether oxygens (including phenoxy) is 1. The van der Waals surface area contributed by atoms with Gasteiger partial charge >= 0.3 is 6.61 Å². The number of anilines is 3. The molecule has 2 N–H and O–H groups in total. The van der Waals surface area contributed by atoms with Crippen LogP contribution in [0.15, 0.2) is 60.7 Å². The van der Waals surface area contributed by atoms with Gasteiger partial charge in [-0.3, -0.25) is 0 Å². The lowest BCUT2D eigenvalue weighted by molar-refractivity contribution is -0.0498. The lowest BCUT2D eigenvalue weighted by atomic mass is 10.1. The van der Waals surface area contributed by atoms with Crippen LogP contribution in [0.1, 0.15) is 12.8 Å². The molecule has 0 unspecified atom stereocenters. The molecule has 7 heteroatoms. The quantitative estimate of drug-likeness (QED) is 0.610. The van der Waals surface area contributed by atoms with Gasteiger partial charge in [0.2, 0.25) is 5.95 Å². The summed E-state index contributed by atoms with van der Waals surface area (Å²) in [4.78, 5) is 9.13. The van der Waals surface area contributed by atoms with Gasteiger partial charge in [0, 0.05) is 23.4 Å². The first-order valence-corrected chi connectivity index (χ1v) is 8.69. The van der Waals surface area contributed by atoms with Crippen LogP contribution in [-0.4, -0.2) is 22.6 Å². The Morgan fingerprint density at radius 2 is 1.70 bits per heavy atom. The van der Waals surface area contributed by atoms with Crippen LogP contribution in [0, 0.1) is 0 Å². The fourth-order valence-corrected chi connectivity index (χ4v) is 2.61. The van der Waals surface area contributed by atoms with Crippen molar-refractivity contribution in [3.63, 3.8) is 0 Å². The molecule has 1 saturated carbocycles. The minimum Gasteiger partial charge on any atom is -0.435 e. The number of halogens is 2. The molecular weight excluding hydrogens is 350 g/mol. The summed E-state index contributed by atoms with van der Waals surface area (Å²) in [6.45, 7) is -2.84. The van der Waals surface area contributed by atoms with Gasteiger partial charge in [-0.15, -0.1) is 0 Å². The van der Waals surface area contributed by atoms with E-state index < -0.39 is 6.61 Å². The molecule has 138 valence electrons. The van der Waals surface area contributed by atoms with Crippen LogP contribution in [0.3, 0.4) is 0 Å². The van der Waals surface area contributed by atoms with Gasteiger partial charge in [-0.1, -0.05) is 30.3 Å². The molecule has 0 radical (unpaired) electrons. The van der Waals surface area contributed by atoms with E-state index in [0.29, 0.717) is 23.5 Å². The Morgan fingerprint density at radius 3 is 2.37 bits per heavy atom. The molecule has 1 aromatic heterocycles. The molecule has 3 aromatic rings. The van der Waals surface area contributed by atoms with Crippen molar-refractivity contribution in [2.24, 2.45) is 0 Å². The summed E-state index contributed by atoms with van der Waals surface area (Å²) in [5.74, 6) is 1.30. The van der Waals surface area contributed by atoms with E-state index in [9.17, 15) is 8.78 Å². The highest BCUT2D eigenvalue weighted by atomic mass is 19.3. The molecular formula is C20H18F2N4O. The molecule has 2 aromatic carbocycles. The van der Waals surface area contributed by atoms with Crippen molar-refractivity contribution in [1.29, 1.82) is 0 Å². The third-order valence-corrected chi connectivity index (χ3v) is 4.06. The molecule has 0 spiro atoms. The van der Waals surface area contributed by atoms with Crippen LogP contribution in [0.5, 0.6) is 5.75 Å². The van der Waals surface area contributed by atoms with Crippen molar-refractivity contribution in [3.8, 4) is 17.0 Å². The number of alkyl halides is 2. The Labute approximate surface area is 155 Å². The van der Waals surface area contributed by atoms with E-state index in [2.05, 4.69) is 25.3 Å². The number of hydrogen-bond acceptors (Lipinski definition) is 5. The van der Waals surface area contributed by atoms with Gasteiger partial charge < -0.3 is 15.4 Å². The molecule has 0 saturated heterocycles. The first kappa shape index (κ1) is 17.2. The summed E-state index contributed by atoms with van der Waals surface area (Å²) in [6, 6.07) is 18.4. The second kappa shape index (κ2) is 7.57. The van der Waals surface area contributed by atoms with Crippen LogP contribution in [0.25, 0.3) is 11.3 Å². The first-order chi connectivity index (χ1) is 13.2. The summed E-state index contributed by atoms with van der Waals surface area (Å²) < 4.78 is 28.9. The topological polar surface area (TPSA) is 59.1 Å². The molecule has 4 rings (SSSR count). The summed E-state index contributed by atoms with van der Waals surface area (Å²) in [5, 5.41) is 6.51. The number of hydrogen-bond donors (Lipinski definition) is 2. The Hall–Kier alpha value is -3.22. The van der Waals surface area contributed by atoms with Gasteiger partial charge in [0.05, 0.1) is 5.69 Å². The Morgan fingerprint density at radius 1 is 0.963 bits per heavy atom. The molecule has 1 aliphatic carbocycles. The van der Waals surface area contributed by atoms with E-state index in [1.165, 1.54) is 12.1 Å². The SMILES string of the molecule is FC(F)Oc1ccc(Nc2cc(-c3ccccc3)nc(NC3CC3)n2)cc1. The molecule has 0 aliphatic heterocycles. The van der Waals surface area contributed by atoms with Crippen LogP contribution >= 0.6 is 0 Å². The van der Waals surface area contributed by atoms with Crippen molar-refractivity contribution >= 4 is 17.5 Å². The lowest BCUT2D eigenvalue weighted by Gasteiger charge is -2.12. The van der Waals surface area contributed by atoms with Gasteiger partial charge in [-0.25, -0.2) is 4.98 Å². The van der Waals surface area contributed by atoms with E-state index in [-0.39, 0.29) is 5.75 Å². The molecule has 27 heavy (non-hydrogen) atoms. The average molecular weight is 368 g/mol. The van der Waals surface area contributed by atoms with Gasteiger partial charge in [0.1, 0.15) is 11.6 Å². The number of aromatic nitrogens is 2. The van der Waals surface area contributed by atoms with Crippen LogP contribution in [0.4, 0.5) is 26.2 Å². The molecule has 0 bridgehead atoms. The summed E-state index contributed by atoms with van der Waals surface area (Å²) in [5.41, 5.74) is 2.50. The zero-order chi connectivity index (χ0) is 18.6. The highest BCUT2D eigenvalue weighted by Gasteiger charge is 2.22. The Kier molecular flexibility index (Phi) is 4.82. The predicted molar refractivity (Wildman–Crippen MR) is 100 cm³/mol. The maximum atomic E-state index is 12.3. The summed E-state index contributed by atoms with van der Waals surface area (Å²) in [7, 11) is 0. The third-order valence-electron chi connectivity index (χ3n) is 4.06. The normalized spacial score (nSPS) is 13.4. The summed E-state index contributed by atoms with van der Waals surface area (Å²) in [6.07, 6.45) is 2.24. The molecule has 0 atom stereocenters. The van der Waals surface area contributed by atoms with Gasteiger partial charge in [-0.2, -0.15) is 13.8 Å². The monoisotopic (exact) mass is 368 g/mol. The van der Waals surface area contributed by atoms with Crippen LogP contribution < -0.4 is 15.4 Å². The summed E-state index contributed by atoms with van der Waals surface area (Å²) >= 11 is 0. The smallest absolute Gasteiger partial charge is 0.387 e. The minimum atomic E-state index is -2.84. The maximum absolute atomic E-state index is 12.3. The number of rotatable bonds is 7. The number of benzene rings is 2. The Balaban J connectivity index is 1.59. The zero-order valence-electron chi connectivity index (χ0n) is 14.4. The average Bonchev–Trinajstić information content (AvgIpc) is 3.47. The van der Waals surface area contributed by atoms with E-state index in [1.807, 2.05) is 36.4 Å². The third kappa shape index (κ3) is 4.69. The molecule has 0 amide bonds. The second-order valence-electron chi connectivity index (χ2n) is 6.27. The van der Waals surface area contributed by atoms with Crippen molar-refractivity contribution in [3.05, 3.63) is 60.7 Å². The fraction of sp³-hybridized carbons (Fsp3) is 0.200. The van der Waals surface area contributed by atoms with Crippen molar-refractivity contribution in [1.82, 2.24) is 9.97 Å². The van der Waals surface area contributed by atoms with Gasteiger partial charge in [-0.05, 0) is 37.1 Å². The van der Waals surface area contributed by atoms with Gasteiger partial charge in [0.15, 0.2) is 0 Å². The van der Waals surface area contributed by atoms with Crippen molar-refractivity contribution < 1.29 is 13.5 Å². The second-order valence-corrected chi connectivity index (χ2v) is 6.27. The lowest BCUT2D eigenvalue weighted by Crippen LogP contribution is -2.07. The molecule has 5 nitrogen and oxygen atoms in total. The number of nitrogens with one attached hydrogen (secondary N) is 2. The predicted octanol–water partition coefficient (Wildman–Crippen LogP) is 5.06. The maximum Gasteiger partial charge on any atom is 0.387 e. The molecule has 1 fully saturated rings. The van der Waals surface area contributed by atoms with E-state index in [0.717, 1.165) is 24.1 Å². The van der Waals surface area contributed by atoms with E-state index >= 15 is 0 Å². The minimum absolute atomic E-state index is 0.110.